The lowest BCUT2D eigenvalue weighted by Crippen LogP contribution is -2.16. The highest BCUT2D eigenvalue weighted by atomic mass is 16.5. The number of ether oxygens (including phenoxy) is 1. The molecule has 3 nitrogen and oxygen atoms in total. The van der Waals surface area contributed by atoms with Crippen molar-refractivity contribution in [3.63, 3.8) is 0 Å². The molecule has 96 valence electrons. The van der Waals surface area contributed by atoms with Gasteiger partial charge in [0.1, 0.15) is 11.6 Å². The SMILES string of the molecule is Cc1cc(C)c(C#N)c(OCC2CCCCC2)n1. The molecule has 0 saturated heterocycles. The number of hydrogen-bond acceptors (Lipinski definition) is 3. The van der Waals surface area contributed by atoms with E-state index in [9.17, 15) is 0 Å². The molecule has 0 unspecified atom stereocenters. The van der Waals surface area contributed by atoms with E-state index < -0.39 is 0 Å². The molecule has 0 atom stereocenters. The zero-order valence-corrected chi connectivity index (χ0v) is 11.2. The van der Waals surface area contributed by atoms with E-state index in [0.717, 1.165) is 11.3 Å². The number of pyridine rings is 1. The molecule has 1 aliphatic carbocycles. The van der Waals surface area contributed by atoms with Crippen LogP contribution in [0.5, 0.6) is 5.88 Å². The smallest absolute Gasteiger partial charge is 0.232 e. The van der Waals surface area contributed by atoms with E-state index >= 15 is 0 Å². The first-order valence-corrected chi connectivity index (χ1v) is 6.72. The van der Waals surface area contributed by atoms with Crippen LogP contribution in [0.25, 0.3) is 0 Å². The number of rotatable bonds is 3. The number of nitriles is 1. The third-order valence-electron chi connectivity index (χ3n) is 3.60. The quantitative estimate of drug-likeness (QED) is 0.817. The average molecular weight is 244 g/mol. The van der Waals surface area contributed by atoms with E-state index in [0.29, 0.717) is 24.0 Å². The van der Waals surface area contributed by atoms with Crippen molar-refractivity contribution in [2.45, 2.75) is 46.0 Å². The van der Waals surface area contributed by atoms with Crippen LogP contribution in [0.1, 0.15) is 48.9 Å². The van der Waals surface area contributed by atoms with Crippen LogP contribution < -0.4 is 4.74 Å². The summed E-state index contributed by atoms with van der Waals surface area (Å²) < 4.78 is 5.80. The van der Waals surface area contributed by atoms with Crippen molar-refractivity contribution < 1.29 is 4.74 Å². The van der Waals surface area contributed by atoms with Gasteiger partial charge in [0.05, 0.1) is 6.61 Å². The van der Waals surface area contributed by atoms with Crippen molar-refractivity contribution in [3.8, 4) is 11.9 Å². The Morgan fingerprint density at radius 3 is 2.72 bits per heavy atom. The Kier molecular flexibility index (Phi) is 4.19. The normalized spacial score (nSPS) is 16.3. The van der Waals surface area contributed by atoms with Crippen molar-refractivity contribution in [2.75, 3.05) is 6.61 Å². The predicted molar refractivity (Wildman–Crippen MR) is 70.5 cm³/mol. The Balaban J connectivity index is 2.06. The number of aryl methyl sites for hydroxylation is 2. The first-order chi connectivity index (χ1) is 8.70. The number of hydrogen-bond donors (Lipinski definition) is 0. The molecule has 0 aliphatic heterocycles. The van der Waals surface area contributed by atoms with Crippen molar-refractivity contribution >= 4 is 0 Å². The Bertz CT molecular complexity index is 456. The van der Waals surface area contributed by atoms with Crippen molar-refractivity contribution in [1.82, 2.24) is 4.98 Å². The second-order valence-electron chi connectivity index (χ2n) is 5.19. The summed E-state index contributed by atoms with van der Waals surface area (Å²) in [5, 5.41) is 9.16. The molecule has 18 heavy (non-hydrogen) atoms. The van der Waals surface area contributed by atoms with Gasteiger partial charge in [-0.3, -0.25) is 0 Å². The maximum atomic E-state index is 9.16. The van der Waals surface area contributed by atoms with Gasteiger partial charge in [0.15, 0.2) is 0 Å². The maximum absolute atomic E-state index is 9.16. The lowest BCUT2D eigenvalue weighted by Gasteiger charge is -2.21. The van der Waals surface area contributed by atoms with E-state index in [1.165, 1.54) is 32.1 Å². The van der Waals surface area contributed by atoms with Crippen LogP contribution in [-0.2, 0) is 0 Å². The van der Waals surface area contributed by atoms with E-state index in [1.54, 1.807) is 0 Å². The van der Waals surface area contributed by atoms with Crippen LogP contribution in [0.4, 0.5) is 0 Å². The van der Waals surface area contributed by atoms with Crippen molar-refractivity contribution in [1.29, 1.82) is 5.26 Å². The fourth-order valence-electron chi connectivity index (χ4n) is 2.59. The highest BCUT2D eigenvalue weighted by Gasteiger charge is 2.16. The first kappa shape index (κ1) is 12.9. The van der Waals surface area contributed by atoms with Gasteiger partial charge in [-0.2, -0.15) is 5.26 Å². The fraction of sp³-hybridized carbons (Fsp3) is 0.600. The van der Waals surface area contributed by atoms with Gasteiger partial charge in [0.25, 0.3) is 0 Å². The zero-order chi connectivity index (χ0) is 13.0. The van der Waals surface area contributed by atoms with E-state index in [-0.39, 0.29) is 0 Å². The molecule has 0 N–H and O–H groups in total. The summed E-state index contributed by atoms with van der Waals surface area (Å²) in [6.07, 6.45) is 6.44. The molecule has 0 spiro atoms. The van der Waals surface area contributed by atoms with Crippen LogP contribution in [0.15, 0.2) is 6.07 Å². The maximum Gasteiger partial charge on any atom is 0.232 e. The Morgan fingerprint density at radius 2 is 2.06 bits per heavy atom. The lowest BCUT2D eigenvalue weighted by molar-refractivity contribution is 0.202. The van der Waals surface area contributed by atoms with Crippen LogP contribution >= 0.6 is 0 Å². The number of aromatic nitrogens is 1. The van der Waals surface area contributed by atoms with Gasteiger partial charge in [-0.25, -0.2) is 4.98 Å². The highest BCUT2D eigenvalue weighted by molar-refractivity contribution is 5.45. The summed E-state index contributed by atoms with van der Waals surface area (Å²) >= 11 is 0. The summed E-state index contributed by atoms with van der Waals surface area (Å²) in [5.74, 6) is 1.15. The lowest BCUT2D eigenvalue weighted by atomic mass is 9.90. The Morgan fingerprint density at radius 1 is 1.33 bits per heavy atom. The molecule has 1 aromatic rings. The summed E-state index contributed by atoms with van der Waals surface area (Å²) in [6.45, 7) is 4.56. The van der Waals surface area contributed by atoms with Crippen LogP contribution in [0.3, 0.4) is 0 Å². The topological polar surface area (TPSA) is 45.9 Å². The van der Waals surface area contributed by atoms with Crippen LogP contribution in [-0.4, -0.2) is 11.6 Å². The molecule has 1 fully saturated rings. The second-order valence-corrected chi connectivity index (χ2v) is 5.19. The van der Waals surface area contributed by atoms with Crippen LogP contribution in [0, 0.1) is 31.1 Å². The molecule has 2 rings (SSSR count). The molecule has 0 aromatic carbocycles. The second kappa shape index (κ2) is 5.86. The van der Waals surface area contributed by atoms with Gasteiger partial charge in [-0.1, -0.05) is 19.3 Å². The predicted octanol–water partition coefficient (Wildman–Crippen LogP) is 3.53. The fourth-order valence-corrected chi connectivity index (χ4v) is 2.59. The minimum absolute atomic E-state index is 0.514. The highest BCUT2D eigenvalue weighted by Crippen LogP contribution is 2.26. The molecular formula is C15H20N2O. The molecule has 1 aromatic heterocycles. The van der Waals surface area contributed by atoms with E-state index in [4.69, 9.17) is 10.00 Å². The van der Waals surface area contributed by atoms with E-state index in [1.807, 2.05) is 19.9 Å². The van der Waals surface area contributed by atoms with Gasteiger partial charge in [-0.15, -0.1) is 0 Å². The Hall–Kier alpha value is -1.56. The van der Waals surface area contributed by atoms with Gasteiger partial charge >= 0.3 is 0 Å². The van der Waals surface area contributed by atoms with Crippen molar-refractivity contribution in [3.05, 3.63) is 22.9 Å². The molecule has 3 heteroatoms. The molecule has 0 amide bonds. The van der Waals surface area contributed by atoms with Crippen LogP contribution in [0.2, 0.25) is 0 Å². The van der Waals surface area contributed by atoms with Gasteiger partial charge in [0, 0.05) is 5.69 Å². The van der Waals surface area contributed by atoms with Crippen molar-refractivity contribution in [2.24, 2.45) is 5.92 Å². The zero-order valence-electron chi connectivity index (χ0n) is 11.2. The summed E-state index contributed by atoms with van der Waals surface area (Å²) in [4.78, 5) is 4.34. The minimum Gasteiger partial charge on any atom is -0.476 e. The molecular weight excluding hydrogens is 224 g/mol. The molecule has 0 bridgehead atoms. The van der Waals surface area contributed by atoms with E-state index in [2.05, 4.69) is 11.1 Å². The van der Waals surface area contributed by atoms with Gasteiger partial charge < -0.3 is 4.74 Å². The first-order valence-electron chi connectivity index (χ1n) is 6.72. The Labute approximate surface area is 109 Å². The molecule has 1 heterocycles. The standard InChI is InChI=1S/C15H20N2O/c1-11-8-12(2)17-15(14(11)9-16)18-10-13-6-4-3-5-7-13/h8,13H,3-7,10H2,1-2H3. The molecule has 1 saturated carbocycles. The molecule has 0 radical (unpaired) electrons. The average Bonchev–Trinajstić information content (AvgIpc) is 2.37. The van der Waals surface area contributed by atoms with Gasteiger partial charge in [0.2, 0.25) is 5.88 Å². The minimum atomic E-state index is 0.514. The third kappa shape index (κ3) is 3.01. The molecule has 1 aliphatic rings. The third-order valence-corrected chi connectivity index (χ3v) is 3.60. The summed E-state index contributed by atoms with van der Waals surface area (Å²) in [7, 11) is 0. The summed E-state index contributed by atoms with van der Waals surface area (Å²) in [5.41, 5.74) is 2.44. The number of nitrogens with zero attached hydrogens (tertiary/aromatic N) is 2. The van der Waals surface area contributed by atoms with Gasteiger partial charge in [-0.05, 0) is 44.2 Å². The summed E-state index contributed by atoms with van der Waals surface area (Å²) in [6, 6.07) is 4.11. The monoisotopic (exact) mass is 244 g/mol. The largest absolute Gasteiger partial charge is 0.476 e.